The van der Waals surface area contributed by atoms with Crippen LogP contribution in [0.2, 0.25) is 0 Å². The summed E-state index contributed by atoms with van der Waals surface area (Å²) in [5, 5.41) is 0. The second kappa shape index (κ2) is 6.51. The molecular weight excluding hydrogens is 325 g/mol. The molecule has 1 aromatic rings. The second-order valence-electron chi connectivity index (χ2n) is 4.76. The molecule has 0 saturated carbocycles. The van der Waals surface area contributed by atoms with Gasteiger partial charge in [-0.3, -0.25) is 9.59 Å². The Bertz CT molecular complexity index is 600. The highest BCUT2D eigenvalue weighted by atomic mass is 19.4. The van der Waals surface area contributed by atoms with E-state index >= 15 is 0 Å². The summed E-state index contributed by atoms with van der Waals surface area (Å²) in [5.41, 5.74) is 0.0202. The van der Waals surface area contributed by atoms with Crippen LogP contribution in [0.3, 0.4) is 0 Å². The Balaban J connectivity index is 3.01. The molecule has 9 heteroatoms. The summed E-state index contributed by atoms with van der Waals surface area (Å²) >= 11 is 0. The maximum Gasteiger partial charge on any atom is 0.463 e. The Kier molecular flexibility index (Phi) is 5.34. The van der Waals surface area contributed by atoms with Crippen LogP contribution >= 0.6 is 0 Å². The number of halogens is 5. The SMILES string of the molecule is COc1cccc(C(=O)C(C)N(C)C(=O)C(F)(F)C(F)(F)F)c1. The number of amides is 1. The maximum absolute atomic E-state index is 13.1. The first-order valence-corrected chi connectivity index (χ1v) is 6.33. The van der Waals surface area contributed by atoms with Crippen LogP contribution in [0.15, 0.2) is 24.3 Å². The number of alkyl halides is 5. The van der Waals surface area contributed by atoms with Crippen LogP contribution < -0.4 is 4.74 Å². The molecule has 1 rings (SSSR count). The van der Waals surface area contributed by atoms with E-state index in [0.29, 0.717) is 12.8 Å². The summed E-state index contributed by atoms with van der Waals surface area (Å²) < 4.78 is 67.7. The Morgan fingerprint density at radius 1 is 1.17 bits per heavy atom. The molecule has 4 nitrogen and oxygen atoms in total. The number of likely N-dealkylation sites (N-methyl/N-ethyl adjacent to an activating group) is 1. The molecule has 0 radical (unpaired) electrons. The molecule has 23 heavy (non-hydrogen) atoms. The van der Waals surface area contributed by atoms with Crippen molar-refractivity contribution in [1.82, 2.24) is 4.90 Å². The first kappa shape index (κ1) is 18.9. The average Bonchev–Trinajstić information content (AvgIpc) is 2.50. The van der Waals surface area contributed by atoms with E-state index in [1.54, 1.807) is 0 Å². The lowest BCUT2D eigenvalue weighted by Crippen LogP contribution is -2.54. The van der Waals surface area contributed by atoms with E-state index in [1.165, 1.54) is 31.4 Å². The van der Waals surface area contributed by atoms with Gasteiger partial charge in [-0.25, -0.2) is 0 Å². The Labute approximate surface area is 128 Å². The number of nitrogens with zero attached hydrogens (tertiary/aromatic N) is 1. The topological polar surface area (TPSA) is 46.6 Å². The summed E-state index contributed by atoms with van der Waals surface area (Å²) in [6.07, 6.45) is -6.03. The summed E-state index contributed by atoms with van der Waals surface area (Å²) in [6, 6.07) is 4.09. The molecule has 0 heterocycles. The van der Waals surface area contributed by atoms with Gasteiger partial charge < -0.3 is 9.64 Å². The van der Waals surface area contributed by atoms with Gasteiger partial charge in [0.15, 0.2) is 5.78 Å². The Morgan fingerprint density at radius 2 is 1.74 bits per heavy atom. The van der Waals surface area contributed by atoms with Crippen LogP contribution in [-0.2, 0) is 4.79 Å². The molecule has 1 unspecified atom stereocenters. The molecule has 0 fully saturated rings. The van der Waals surface area contributed by atoms with E-state index in [0.717, 1.165) is 6.92 Å². The van der Waals surface area contributed by atoms with Gasteiger partial charge in [0.1, 0.15) is 5.75 Å². The van der Waals surface area contributed by atoms with Crippen molar-refractivity contribution in [2.45, 2.75) is 25.1 Å². The number of ether oxygens (including phenoxy) is 1. The van der Waals surface area contributed by atoms with Gasteiger partial charge in [-0.15, -0.1) is 0 Å². The number of ketones is 1. The fourth-order valence-electron chi connectivity index (χ4n) is 1.71. The highest BCUT2D eigenvalue weighted by molar-refractivity contribution is 6.02. The van der Waals surface area contributed by atoms with Gasteiger partial charge in [0.2, 0.25) is 0 Å². The van der Waals surface area contributed by atoms with E-state index in [-0.39, 0.29) is 10.5 Å². The fourth-order valence-corrected chi connectivity index (χ4v) is 1.71. The summed E-state index contributed by atoms with van der Waals surface area (Å²) in [7, 11) is 2.05. The van der Waals surface area contributed by atoms with Crippen LogP contribution in [0.4, 0.5) is 22.0 Å². The molecule has 1 aromatic carbocycles. The largest absolute Gasteiger partial charge is 0.497 e. The van der Waals surface area contributed by atoms with Crippen LogP contribution in [0, 0.1) is 0 Å². The van der Waals surface area contributed by atoms with Crippen LogP contribution in [0.1, 0.15) is 17.3 Å². The van der Waals surface area contributed by atoms with Crippen molar-refractivity contribution < 1.29 is 36.3 Å². The molecule has 1 atom stereocenters. The number of Topliss-reactive ketones (excluding diaryl/α,β-unsaturated/α-hetero) is 1. The standard InChI is InChI=1S/C14H14F5NO3/c1-8(11(21)9-5-4-6-10(7-9)23-3)20(2)12(22)13(15,16)14(17,18)19/h4-8H,1-3H3. The molecule has 0 saturated heterocycles. The minimum Gasteiger partial charge on any atom is -0.497 e. The van der Waals surface area contributed by atoms with Gasteiger partial charge >= 0.3 is 18.0 Å². The summed E-state index contributed by atoms with van der Waals surface area (Å²) in [5.74, 6) is -8.55. The number of rotatable bonds is 5. The number of carbonyl (C=O) groups excluding carboxylic acids is 2. The van der Waals surface area contributed by atoms with Gasteiger partial charge in [0.25, 0.3) is 0 Å². The van der Waals surface area contributed by atoms with Crippen molar-refractivity contribution in [3.8, 4) is 5.75 Å². The number of hydrogen-bond acceptors (Lipinski definition) is 3. The smallest absolute Gasteiger partial charge is 0.463 e. The van der Waals surface area contributed by atoms with Crippen molar-refractivity contribution in [1.29, 1.82) is 0 Å². The van der Waals surface area contributed by atoms with Crippen molar-refractivity contribution >= 4 is 11.7 Å². The van der Waals surface area contributed by atoms with Crippen LogP contribution in [-0.4, -0.2) is 48.9 Å². The molecule has 0 aromatic heterocycles. The van der Waals surface area contributed by atoms with Crippen molar-refractivity contribution in [3.63, 3.8) is 0 Å². The van der Waals surface area contributed by atoms with E-state index in [1.807, 2.05) is 0 Å². The summed E-state index contributed by atoms with van der Waals surface area (Å²) in [4.78, 5) is 23.6. The van der Waals surface area contributed by atoms with Crippen molar-refractivity contribution in [2.75, 3.05) is 14.2 Å². The van der Waals surface area contributed by atoms with E-state index in [9.17, 15) is 31.5 Å². The molecule has 0 bridgehead atoms. The predicted octanol–water partition coefficient (Wildman–Crippen LogP) is 2.92. The first-order valence-electron chi connectivity index (χ1n) is 6.33. The highest BCUT2D eigenvalue weighted by Gasteiger charge is 2.64. The molecule has 0 spiro atoms. The van der Waals surface area contributed by atoms with E-state index in [4.69, 9.17) is 4.74 Å². The molecule has 0 aliphatic carbocycles. The van der Waals surface area contributed by atoms with Gasteiger partial charge in [0, 0.05) is 12.6 Å². The Hall–Kier alpha value is -2.19. The molecule has 0 aliphatic heterocycles. The molecule has 0 N–H and O–H groups in total. The number of methoxy groups -OCH3 is 1. The van der Waals surface area contributed by atoms with E-state index in [2.05, 4.69) is 0 Å². The number of carbonyl (C=O) groups is 2. The molecule has 128 valence electrons. The minimum atomic E-state index is -6.03. The average molecular weight is 339 g/mol. The first-order chi connectivity index (χ1) is 10.4. The molecule has 0 aliphatic rings. The third-order valence-electron chi connectivity index (χ3n) is 3.26. The number of hydrogen-bond donors (Lipinski definition) is 0. The monoisotopic (exact) mass is 339 g/mol. The van der Waals surface area contributed by atoms with Crippen molar-refractivity contribution in [2.24, 2.45) is 0 Å². The van der Waals surface area contributed by atoms with E-state index < -0.39 is 29.8 Å². The molecule has 1 amide bonds. The molecular formula is C14H14F5NO3. The zero-order valence-electron chi connectivity index (χ0n) is 12.4. The zero-order chi connectivity index (χ0) is 18.0. The third-order valence-corrected chi connectivity index (χ3v) is 3.26. The lowest BCUT2D eigenvalue weighted by Gasteiger charge is -2.28. The quantitative estimate of drug-likeness (QED) is 0.612. The minimum absolute atomic E-state index is 0.0202. The lowest BCUT2D eigenvalue weighted by molar-refractivity contribution is -0.274. The predicted molar refractivity (Wildman–Crippen MR) is 70.6 cm³/mol. The van der Waals surface area contributed by atoms with Gasteiger partial charge in [-0.2, -0.15) is 22.0 Å². The van der Waals surface area contributed by atoms with Crippen LogP contribution in [0.5, 0.6) is 5.75 Å². The highest BCUT2D eigenvalue weighted by Crippen LogP contribution is 2.37. The third kappa shape index (κ3) is 3.77. The van der Waals surface area contributed by atoms with Gasteiger partial charge in [-0.1, -0.05) is 12.1 Å². The van der Waals surface area contributed by atoms with Gasteiger partial charge in [-0.05, 0) is 19.1 Å². The fraction of sp³-hybridized carbons (Fsp3) is 0.429. The summed E-state index contributed by atoms with van der Waals surface area (Å²) in [6.45, 7) is 1.06. The van der Waals surface area contributed by atoms with Crippen molar-refractivity contribution in [3.05, 3.63) is 29.8 Å². The van der Waals surface area contributed by atoms with Crippen LogP contribution in [0.25, 0.3) is 0 Å². The van der Waals surface area contributed by atoms with Gasteiger partial charge in [0.05, 0.1) is 13.2 Å². The second-order valence-corrected chi connectivity index (χ2v) is 4.76. The zero-order valence-corrected chi connectivity index (χ0v) is 12.4. The normalized spacial score (nSPS) is 13.4. The number of benzene rings is 1. The Morgan fingerprint density at radius 3 is 2.22 bits per heavy atom. The lowest BCUT2D eigenvalue weighted by atomic mass is 10.0. The maximum atomic E-state index is 13.1.